The summed E-state index contributed by atoms with van der Waals surface area (Å²) in [5.74, 6) is 0.237. The minimum absolute atomic E-state index is 0.0300. The third-order valence-corrected chi connectivity index (χ3v) is 6.04. The first-order chi connectivity index (χ1) is 15.8. The maximum absolute atomic E-state index is 13.4. The number of pyridine rings is 2. The second-order valence-corrected chi connectivity index (χ2v) is 8.69. The zero-order chi connectivity index (χ0) is 23.6. The number of ether oxygens (including phenoxy) is 1. The highest BCUT2D eigenvalue weighted by Gasteiger charge is 2.41. The summed E-state index contributed by atoms with van der Waals surface area (Å²) in [6, 6.07) is 17.1. The largest absolute Gasteiger partial charge is 0.477 e. The highest BCUT2D eigenvalue weighted by molar-refractivity contribution is 6.21. The lowest BCUT2D eigenvalue weighted by Gasteiger charge is -2.40. The van der Waals surface area contributed by atoms with Crippen LogP contribution in [-0.4, -0.2) is 38.8 Å². The molecule has 6 nitrogen and oxygen atoms in total. The summed E-state index contributed by atoms with van der Waals surface area (Å²) >= 11 is 0. The fourth-order valence-electron chi connectivity index (χ4n) is 3.85. The Kier molecular flexibility index (Phi) is 6.09. The van der Waals surface area contributed by atoms with Crippen molar-refractivity contribution in [2.45, 2.75) is 39.7 Å². The molecule has 0 N–H and O–H groups in total. The van der Waals surface area contributed by atoms with Crippen LogP contribution in [0.15, 0.2) is 72.8 Å². The van der Waals surface area contributed by atoms with Crippen LogP contribution in [0.1, 0.15) is 37.7 Å². The van der Waals surface area contributed by atoms with Crippen LogP contribution in [0.4, 0.5) is 0 Å². The van der Waals surface area contributed by atoms with Gasteiger partial charge >= 0.3 is 0 Å². The zero-order valence-corrected chi connectivity index (χ0v) is 19.3. The van der Waals surface area contributed by atoms with Gasteiger partial charge in [-0.15, -0.1) is 0 Å². The number of benzene rings is 1. The first-order valence-electron chi connectivity index (χ1n) is 10.9. The first-order valence-corrected chi connectivity index (χ1v) is 10.9. The molecule has 0 spiro atoms. The number of aromatic nitrogens is 2. The third-order valence-electron chi connectivity index (χ3n) is 6.04. The van der Waals surface area contributed by atoms with E-state index >= 15 is 0 Å². The smallest absolute Gasteiger partial charge is 0.261 e. The third kappa shape index (κ3) is 4.55. The van der Waals surface area contributed by atoms with E-state index < -0.39 is 5.54 Å². The van der Waals surface area contributed by atoms with E-state index in [0.29, 0.717) is 17.0 Å². The summed E-state index contributed by atoms with van der Waals surface area (Å²) in [6.07, 6.45) is 3.61. The van der Waals surface area contributed by atoms with Gasteiger partial charge in [0.15, 0.2) is 12.5 Å². The van der Waals surface area contributed by atoms with Gasteiger partial charge in [0, 0.05) is 29.3 Å². The van der Waals surface area contributed by atoms with E-state index in [1.165, 1.54) is 4.90 Å². The molecule has 168 valence electrons. The average Bonchev–Trinajstić information content (AvgIpc) is 2.80. The molecular formula is C27H27N3O3. The van der Waals surface area contributed by atoms with Crippen LogP contribution in [0.5, 0.6) is 0 Å². The minimum Gasteiger partial charge on any atom is -0.477 e. The van der Waals surface area contributed by atoms with Gasteiger partial charge in [-0.25, -0.2) is 0 Å². The highest BCUT2D eigenvalue weighted by Crippen LogP contribution is 2.31. The SMILES string of the molecule is CC1=C(c2ccccc2)C(=O)N(C(C)(C)C(=O)Cc2cc(-c3ccc(C)nc3)ccn2)CO1. The van der Waals surface area contributed by atoms with E-state index in [0.717, 1.165) is 22.4 Å². The van der Waals surface area contributed by atoms with Gasteiger partial charge in [-0.2, -0.15) is 0 Å². The van der Waals surface area contributed by atoms with Crippen molar-refractivity contribution in [1.29, 1.82) is 0 Å². The van der Waals surface area contributed by atoms with Crippen LogP contribution in [0, 0.1) is 6.92 Å². The number of hydrogen-bond acceptors (Lipinski definition) is 5. The van der Waals surface area contributed by atoms with Crippen molar-refractivity contribution in [3.05, 3.63) is 89.7 Å². The summed E-state index contributed by atoms with van der Waals surface area (Å²) in [5, 5.41) is 0. The van der Waals surface area contributed by atoms with Gasteiger partial charge in [-0.1, -0.05) is 36.4 Å². The Morgan fingerprint density at radius 3 is 2.45 bits per heavy atom. The molecule has 0 atom stereocenters. The van der Waals surface area contributed by atoms with E-state index in [2.05, 4.69) is 9.97 Å². The van der Waals surface area contributed by atoms with Crippen LogP contribution in [0.3, 0.4) is 0 Å². The summed E-state index contributed by atoms with van der Waals surface area (Å²) in [6.45, 7) is 7.26. The maximum atomic E-state index is 13.4. The molecule has 1 aliphatic heterocycles. The highest BCUT2D eigenvalue weighted by atomic mass is 16.5. The standard InChI is InChI=1S/C27H27N3O3/c1-18-10-11-22(16-29-18)21-12-13-28-23(14-21)15-24(31)27(3,4)30-17-33-19(2)25(26(30)32)20-8-6-5-7-9-20/h5-14,16H,15,17H2,1-4H3. The summed E-state index contributed by atoms with van der Waals surface area (Å²) < 4.78 is 5.81. The van der Waals surface area contributed by atoms with E-state index in [9.17, 15) is 9.59 Å². The molecule has 0 radical (unpaired) electrons. The van der Waals surface area contributed by atoms with Gasteiger partial charge in [-0.05, 0) is 57.0 Å². The second kappa shape index (κ2) is 8.98. The lowest BCUT2D eigenvalue weighted by Crippen LogP contribution is -2.56. The van der Waals surface area contributed by atoms with Crippen molar-refractivity contribution >= 4 is 17.3 Å². The van der Waals surface area contributed by atoms with Crippen molar-refractivity contribution in [2.75, 3.05) is 6.73 Å². The topological polar surface area (TPSA) is 72.4 Å². The minimum atomic E-state index is -1.07. The lowest BCUT2D eigenvalue weighted by atomic mass is 9.91. The van der Waals surface area contributed by atoms with E-state index in [1.54, 1.807) is 27.0 Å². The molecule has 0 unspecified atom stereocenters. The maximum Gasteiger partial charge on any atom is 0.261 e. The number of carbonyl (C=O) groups is 2. The fraction of sp³-hybridized carbons (Fsp3) is 0.259. The number of nitrogens with zero attached hydrogens (tertiary/aromatic N) is 3. The van der Waals surface area contributed by atoms with Gasteiger partial charge in [-0.3, -0.25) is 24.5 Å². The normalized spacial score (nSPS) is 14.3. The van der Waals surface area contributed by atoms with Gasteiger partial charge in [0.2, 0.25) is 0 Å². The molecule has 33 heavy (non-hydrogen) atoms. The molecule has 0 saturated heterocycles. The van der Waals surface area contributed by atoms with Crippen molar-refractivity contribution in [2.24, 2.45) is 0 Å². The fourth-order valence-corrected chi connectivity index (χ4v) is 3.85. The number of aryl methyl sites for hydroxylation is 1. The van der Waals surface area contributed by atoms with Crippen molar-refractivity contribution in [3.8, 4) is 11.1 Å². The number of carbonyl (C=O) groups excluding carboxylic acids is 2. The van der Waals surface area contributed by atoms with Crippen LogP contribution < -0.4 is 0 Å². The Hall–Kier alpha value is -3.80. The monoisotopic (exact) mass is 441 g/mol. The quantitative estimate of drug-likeness (QED) is 0.559. The molecule has 1 aromatic carbocycles. The Balaban J connectivity index is 1.56. The van der Waals surface area contributed by atoms with Gasteiger partial charge < -0.3 is 4.74 Å². The molecule has 0 fully saturated rings. The Labute approximate surface area is 194 Å². The number of amides is 1. The molecule has 6 heteroatoms. The molecule has 1 aliphatic rings. The second-order valence-electron chi connectivity index (χ2n) is 8.69. The number of allylic oxidation sites excluding steroid dienone is 1. The molecule has 1 amide bonds. The van der Waals surface area contributed by atoms with E-state index in [-0.39, 0.29) is 24.8 Å². The van der Waals surface area contributed by atoms with Crippen molar-refractivity contribution in [1.82, 2.24) is 14.9 Å². The van der Waals surface area contributed by atoms with Crippen LogP contribution >= 0.6 is 0 Å². The Bertz CT molecular complexity index is 1210. The summed E-state index contributed by atoms with van der Waals surface area (Å²) in [5.41, 5.74) is 3.68. The molecular weight excluding hydrogens is 414 g/mol. The molecule has 0 saturated carbocycles. The number of hydrogen-bond donors (Lipinski definition) is 0. The van der Waals surface area contributed by atoms with Crippen LogP contribution in [-0.2, 0) is 20.7 Å². The number of ketones is 1. The van der Waals surface area contributed by atoms with E-state index in [1.807, 2.05) is 67.7 Å². The molecule has 4 rings (SSSR count). The molecule has 2 aromatic heterocycles. The van der Waals surface area contributed by atoms with E-state index in [4.69, 9.17) is 4.74 Å². The molecule has 3 heterocycles. The predicted octanol–water partition coefficient (Wildman–Crippen LogP) is 4.59. The number of rotatable bonds is 6. The lowest BCUT2D eigenvalue weighted by molar-refractivity contribution is -0.148. The Morgan fingerprint density at radius 1 is 1.00 bits per heavy atom. The first kappa shape index (κ1) is 22.4. The molecule has 0 bridgehead atoms. The Morgan fingerprint density at radius 2 is 1.76 bits per heavy atom. The van der Waals surface area contributed by atoms with Gasteiger partial charge in [0.1, 0.15) is 5.76 Å². The van der Waals surface area contributed by atoms with Gasteiger partial charge in [0.05, 0.1) is 17.5 Å². The molecule has 3 aromatic rings. The van der Waals surface area contributed by atoms with Crippen LogP contribution in [0.25, 0.3) is 16.7 Å². The average molecular weight is 442 g/mol. The summed E-state index contributed by atoms with van der Waals surface area (Å²) in [4.78, 5) is 37.0. The van der Waals surface area contributed by atoms with Crippen molar-refractivity contribution in [3.63, 3.8) is 0 Å². The summed E-state index contributed by atoms with van der Waals surface area (Å²) in [7, 11) is 0. The van der Waals surface area contributed by atoms with Gasteiger partial charge in [0.25, 0.3) is 5.91 Å². The molecule has 0 aliphatic carbocycles. The number of Topliss-reactive ketones (excluding diaryl/α,β-unsaturated/α-hetero) is 1. The predicted molar refractivity (Wildman–Crippen MR) is 127 cm³/mol. The van der Waals surface area contributed by atoms with Crippen LogP contribution in [0.2, 0.25) is 0 Å². The zero-order valence-electron chi connectivity index (χ0n) is 19.3. The van der Waals surface area contributed by atoms with Crippen molar-refractivity contribution < 1.29 is 14.3 Å².